The zero-order valence-electron chi connectivity index (χ0n) is 23.1. The van der Waals surface area contributed by atoms with E-state index in [1.165, 1.54) is 0 Å². The zero-order valence-corrected chi connectivity index (χ0v) is 25.5. The van der Waals surface area contributed by atoms with Crippen molar-refractivity contribution < 1.29 is 14.4 Å². The van der Waals surface area contributed by atoms with Crippen molar-refractivity contribution in [3.63, 3.8) is 0 Å². The lowest BCUT2D eigenvalue weighted by molar-refractivity contribution is -0.113. The summed E-state index contributed by atoms with van der Waals surface area (Å²) in [5.41, 5.74) is 2.90. The van der Waals surface area contributed by atoms with Crippen molar-refractivity contribution in [3.05, 3.63) is 146 Å². The first-order valence-corrected chi connectivity index (χ1v) is 15.0. The van der Waals surface area contributed by atoms with E-state index >= 15 is 0 Å². The molecule has 43 heavy (non-hydrogen) atoms. The fraction of sp³-hybridized carbons (Fsp3) is 0.118. The van der Waals surface area contributed by atoms with Gasteiger partial charge in [0, 0.05) is 39.2 Å². The molecule has 6 nitrogen and oxygen atoms in total. The van der Waals surface area contributed by atoms with Gasteiger partial charge in [-0.05, 0) is 48.4 Å². The SMILES string of the molecule is Cc1ccc(NC(=O)CS/C(NC(=O)c2ccccc2)=C(\C#N)[C@@H](CC(=O)c2ccccc2)c2ccccc2Cl)cc1Cl. The van der Waals surface area contributed by atoms with Gasteiger partial charge >= 0.3 is 0 Å². The first-order valence-electron chi connectivity index (χ1n) is 13.3. The van der Waals surface area contributed by atoms with Gasteiger partial charge in [0.25, 0.3) is 5.91 Å². The third kappa shape index (κ3) is 8.59. The molecule has 1 atom stereocenters. The lowest BCUT2D eigenvalue weighted by atomic mass is 9.86. The Morgan fingerprint density at radius 3 is 2.09 bits per heavy atom. The molecule has 0 aromatic heterocycles. The van der Waals surface area contributed by atoms with Gasteiger partial charge in [-0.15, -0.1) is 0 Å². The highest BCUT2D eigenvalue weighted by Gasteiger charge is 2.28. The molecule has 4 aromatic rings. The molecular weight excluding hydrogens is 601 g/mol. The van der Waals surface area contributed by atoms with Crippen LogP contribution in [0.2, 0.25) is 10.0 Å². The molecular formula is C34H27Cl2N3O3S. The number of nitrogens with one attached hydrogen (secondary N) is 2. The number of Topliss-reactive ketones (excluding diaryl/α,β-unsaturated/α-hetero) is 1. The zero-order chi connectivity index (χ0) is 30.8. The number of carbonyl (C=O) groups is 3. The summed E-state index contributed by atoms with van der Waals surface area (Å²) in [6, 6.07) is 31.6. The quantitative estimate of drug-likeness (QED) is 0.129. The molecule has 4 aromatic carbocycles. The molecule has 2 N–H and O–H groups in total. The molecule has 0 aliphatic rings. The number of hydrogen-bond donors (Lipinski definition) is 2. The number of ketones is 1. The molecule has 0 saturated carbocycles. The Balaban J connectivity index is 1.72. The fourth-order valence-corrected chi connectivity index (χ4v) is 5.59. The van der Waals surface area contributed by atoms with Gasteiger partial charge in [-0.3, -0.25) is 14.4 Å². The van der Waals surface area contributed by atoms with E-state index < -0.39 is 11.8 Å². The molecule has 216 valence electrons. The average Bonchev–Trinajstić information content (AvgIpc) is 3.02. The highest BCUT2D eigenvalue weighted by molar-refractivity contribution is 8.03. The van der Waals surface area contributed by atoms with Crippen LogP contribution in [0.3, 0.4) is 0 Å². The van der Waals surface area contributed by atoms with Crippen molar-refractivity contribution >= 4 is 58.2 Å². The number of amides is 2. The summed E-state index contributed by atoms with van der Waals surface area (Å²) in [6.45, 7) is 1.86. The van der Waals surface area contributed by atoms with Crippen molar-refractivity contribution in [2.45, 2.75) is 19.3 Å². The van der Waals surface area contributed by atoms with E-state index in [9.17, 15) is 19.6 Å². The molecule has 4 rings (SSSR count). The number of thioether (sulfide) groups is 1. The Kier molecular flexibility index (Phi) is 11.2. The smallest absolute Gasteiger partial charge is 0.256 e. The Hall–Kier alpha value is -4.35. The number of hydrogen-bond acceptors (Lipinski definition) is 5. The maximum absolute atomic E-state index is 13.4. The van der Waals surface area contributed by atoms with E-state index in [-0.39, 0.29) is 34.5 Å². The van der Waals surface area contributed by atoms with Crippen molar-refractivity contribution in [3.8, 4) is 6.07 Å². The third-order valence-electron chi connectivity index (χ3n) is 6.55. The molecule has 9 heteroatoms. The Bertz CT molecular complexity index is 1700. The van der Waals surface area contributed by atoms with Crippen LogP contribution in [-0.4, -0.2) is 23.4 Å². The second-order valence-electron chi connectivity index (χ2n) is 9.54. The Morgan fingerprint density at radius 2 is 1.47 bits per heavy atom. The predicted octanol–water partition coefficient (Wildman–Crippen LogP) is 8.20. The molecule has 0 radical (unpaired) electrons. The highest BCUT2D eigenvalue weighted by atomic mass is 35.5. The van der Waals surface area contributed by atoms with Crippen LogP contribution in [-0.2, 0) is 4.79 Å². The van der Waals surface area contributed by atoms with Crippen LogP contribution in [0.15, 0.2) is 114 Å². The summed E-state index contributed by atoms with van der Waals surface area (Å²) in [6.07, 6.45) is -0.0873. The van der Waals surface area contributed by atoms with Crippen molar-refractivity contribution in [1.29, 1.82) is 5.26 Å². The second-order valence-corrected chi connectivity index (χ2v) is 11.3. The van der Waals surface area contributed by atoms with Crippen LogP contribution in [0.25, 0.3) is 0 Å². The number of halogens is 2. The number of benzene rings is 4. The van der Waals surface area contributed by atoms with Crippen LogP contribution in [0.4, 0.5) is 5.69 Å². The summed E-state index contributed by atoms with van der Waals surface area (Å²) >= 11 is 13.8. The fourth-order valence-electron chi connectivity index (χ4n) is 4.29. The van der Waals surface area contributed by atoms with E-state index in [2.05, 4.69) is 16.7 Å². The molecule has 0 bridgehead atoms. The minimum absolute atomic E-state index is 0.0873. The maximum atomic E-state index is 13.4. The van der Waals surface area contributed by atoms with Gasteiger partial charge in [-0.2, -0.15) is 5.26 Å². The van der Waals surface area contributed by atoms with E-state index in [0.29, 0.717) is 32.4 Å². The second kappa shape index (κ2) is 15.2. The summed E-state index contributed by atoms with van der Waals surface area (Å²) in [4.78, 5) is 39.6. The number of rotatable bonds is 11. The van der Waals surface area contributed by atoms with Crippen LogP contribution in [0.1, 0.15) is 44.2 Å². The molecule has 0 aliphatic carbocycles. The van der Waals surface area contributed by atoms with Gasteiger partial charge in [0.2, 0.25) is 5.91 Å². The number of nitrogens with zero attached hydrogens (tertiary/aromatic N) is 1. The van der Waals surface area contributed by atoms with E-state index in [1.807, 2.05) is 13.0 Å². The number of carbonyl (C=O) groups excluding carboxylic acids is 3. The monoisotopic (exact) mass is 627 g/mol. The number of allylic oxidation sites excluding steroid dienone is 1. The van der Waals surface area contributed by atoms with E-state index in [1.54, 1.807) is 97.1 Å². The summed E-state index contributed by atoms with van der Waals surface area (Å²) < 4.78 is 0. The van der Waals surface area contributed by atoms with Crippen molar-refractivity contribution in [1.82, 2.24) is 5.32 Å². The number of nitriles is 1. The molecule has 0 aliphatic heterocycles. The van der Waals surface area contributed by atoms with Crippen LogP contribution in [0.5, 0.6) is 0 Å². The Labute approximate surface area is 264 Å². The Morgan fingerprint density at radius 1 is 0.837 bits per heavy atom. The summed E-state index contributed by atoms with van der Waals surface area (Å²) in [7, 11) is 0. The first kappa shape index (κ1) is 31.6. The molecule has 0 spiro atoms. The normalized spacial score (nSPS) is 12.0. The molecule has 0 saturated heterocycles. The van der Waals surface area contributed by atoms with Gasteiger partial charge in [0.1, 0.15) is 0 Å². The molecule has 0 unspecified atom stereocenters. The van der Waals surface area contributed by atoms with Gasteiger partial charge in [0.05, 0.1) is 22.4 Å². The molecule has 2 amide bonds. The minimum atomic E-state index is -0.802. The maximum Gasteiger partial charge on any atom is 0.256 e. The topological polar surface area (TPSA) is 99.1 Å². The van der Waals surface area contributed by atoms with Crippen LogP contribution in [0, 0.1) is 18.3 Å². The van der Waals surface area contributed by atoms with Crippen molar-refractivity contribution in [2.24, 2.45) is 0 Å². The van der Waals surface area contributed by atoms with Gasteiger partial charge < -0.3 is 10.6 Å². The van der Waals surface area contributed by atoms with Crippen LogP contribution >= 0.6 is 35.0 Å². The van der Waals surface area contributed by atoms with Gasteiger partial charge in [0.15, 0.2) is 5.78 Å². The predicted molar refractivity (Wildman–Crippen MR) is 173 cm³/mol. The minimum Gasteiger partial charge on any atom is -0.325 e. The third-order valence-corrected chi connectivity index (χ3v) is 8.31. The van der Waals surface area contributed by atoms with E-state index in [0.717, 1.165) is 17.3 Å². The number of aryl methyl sites for hydroxylation is 1. The van der Waals surface area contributed by atoms with Gasteiger partial charge in [-0.1, -0.05) is 108 Å². The number of anilines is 1. The first-order chi connectivity index (χ1) is 20.8. The highest BCUT2D eigenvalue weighted by Crippen LogP contribution is 2.37. The average molecular weight is 629 g/mol. The lowest BCUT2D eigenvalue weighted by Gasteiger charge is -2.21. The molecule has 0 heterocycles. The lowest BCUT2D eigenvalue weighted by Crippen LogP contribution is -2.25. The van der Waals surface area contributed by atoms with Crippen LogP contribution < -0.4 is 10.6 Å². The summed E-state index contributed by atoms with van der Waals surface area (Å²) in [5, 5.41) is 17.2. The summed E-state index contributed by atoms with van der Waals surface area (Å²) in [5.74, 6) is -1.98. The molecule has 0 fully saturated rings. The van der Waals surface area contributed by atoms with Crippen molar-refractivity contribution in [2.75, 3.05) is 11.1 Å². The largest absolute Gasteiger partial charge is 0.325 e. The van der Waals surface area contributed by atoms with E-state index in [4.69, 9.17) is 23.2 Å². The standard InChI is InChI=1S/C34H27Cl2N3O3S/c1-22-16-17-25(18-30(22)36)38-32(41)21-43-34(39-33(42)24-12-6-3-7-13-24)28(20-37)27(26-14-8-9-15-29(26)35)19-31(40)23-10-4-2-5-11-23/h2-18,27H,19,21H2,1H3,(H,38,41)(H,39,42)/b34-28+/t27-/m0/s1. The van der Waals surface area contributed by atoms with Gasteiger partial charge in [-0.25, -0.2) is 0 Å².